The first-order valence-corrected chi connectivity index (χ1v) is 5.33. The number of nitrogens with zero attached hydrogens (tertiary/aromatic N) is 1. The van der Waals surface area contributed by atoms with Crippen LogP contribution in [-0.2, 0) is 0 Å². The Labute approximate surface area is 94.3 Å². The first kappa shape index (κ1) is 9.23. The Morgan fingerprint density at radius 3 is 2.75 bits per heavy atom. The van der Waals surface area contributed by atoms with E-state index in [1.807, 2.05) is 0 Å². The van der Waals surface area contributed by atoms with Gasteiger partial charge < -0.3 is 5.11 Å². The molecule has 0 bridgehead atoms. The van der Waals surface area contributed by atoms with Gasteiger partial charge in [0.15, 0.2) is 0 Å². The molecule has 1 aromatic carbocycles. The number of carbonyl (C=O) groups excluding carboxylic acids is 2. The highest BCUT2D eigenvalue weighted by atomic mass is 32.1. The third-order valence-electron chi connectivity index (χ3n) is 2.54. The standard InChI is InChI=1S/C11H5NO3S/c13-7-3-1-2-5-8(7)9(14)6-4-12-16-11(6)10(5)15/h1-4,13H. The summed E-state index contributed by atoms with van der Waals surface area (Å²) in [5.41, 5.74) is 0.617. The summed E-state index contributed by atoms with van der Waals surface area (Å²) < 4.78 is 3.84. The number of fused-ring (bicyclic) bond motifs is 2. The van der Waals surface area contributed by atoms with Gasteiger partial charge in [-0.25, -0.2) is 0 Å². The lowest BCUT2D eigenvalue weighted by Crippen LogP contribution is -2.18. The monoisotopic (exact) mass is 231 g/mol. The lowest BCUT2D eigenvalue weighted by atomic mass is 9.89. The third-order valence-corrected chi connectivity index (χ3v) is 3.33. The molecule has 1 N–H and O–H groups in total. The van der Waals surface area contributed by atoms with Crippen LogP contribution in [0.4, 0.5) is 0 Å². The van der Waals surface area contributed by atoms with Crippen LogP contribution in [0.3, 0.4) is 0 Å². The van der Waals surface area contributed by atoms with Gasteiger partial charge in [-0.05, 0) is 23.7 Å². The molecule has 0 atom stereocenters. The first-order chi connectivity index (χ1) is 7.70. The van der Waals surface area contributed by atoms with Crippen molar-refractivity contribution in [1.29, 1.82) is 0 Å². The highest BCUT2D eigenvalue weighted by Gasteiger charge is 2.33. The van der Waals surface area contributed by atoms with Crippen LogP contribution >= 0.6 is 11.5 Å². The molecule has 1 aromatic heterocycles. The quantitative estimate of drug-likeness (QED) is 0.638. The average molecular weight is 231 g/mol. The summed E-state index contributed by atoms with van der Waals surface area (Å²) in [6.07, 6.45) is 1.37. The van der Waals surface area contributed by atoms with Crippen molar-refractivity contribution in [2.75, 3.05) is 0 Å². The van der Waals surface area contributed by atoms with E-state index >= 15 is 0 Å². The summed E-state index contributed by atoms with van der Waals surface area (Å²) in [7, 11) is 0. The predicted octanol–water partition coefficient (Wildman–Crippen LogP) is 1.62. The summed E-state index contributed by atoms with van der Waals surface area (Å²) in [6, 6.07) is 4.48. The first-order valence-electron chi connectivity index (χ1n) is 4.56. The van der Waals surface area contributed by atoms with E-state index in [2.05, 4.69) is 4.37 Å². The Morgan fingerprint density at radius 1 is 1.12 bits per heavy atom. The molecule has 3 rings (SSSR count). The van der Waals surface area contributed by atoms with Crippen molar-refractivity contribution in [3.05, 3.63) is 46.0 Å². The van der Waals surface area contributed by atoms with Crippen molar-refractivity contribution < 1.29 is 14.7 Å². The summed E-state index contributed by atoms with van der Waals surface area (Å²) in [6.45, 7) is 0. The van der Waals surface area contributed by atoms with Crippen LogP contribution in [0.25, 0.3) is 0 Å². The molecule has 78 valence electrons. The van der Waals surface area contributed by atoms with Crippen LogP contribution in [0.5, 0.6) is 5.75 Å². The van der Waals surface area contributed by atoms with Gasteiger partial charge in [0.25, 0.3) is 0 Å². The van der Waals surface area contributed by atoms with Crippen LogP contribution < -0.4 is 0 Å². The fourth-order valence-electron chi connectivity index (χ4n) is 1.79. The summed E-state index contributed by atoms with van der Waals surface area (Å²) >= 11 is 1.00. The number of hydrogen-bond donors (Lipinski definition) is 1. The minimum Gasteiger partial charge on any atom is -0.507 e. The van der Waals surface area contributed by atoms with Gasteiger partial charge in [0.2, 0.25) is 11.6 Å². The highest BCUT2D eigenvalue weighted by Crippen LogP contribution is 2.33. The Bertz CT molecular complexity index is 630. The zero-order chi connectivity index (χ0) is 11.3. The van der Waals surface area contributed by atoms with E-state index in [0.717, 1.165) is 11.5 Å². The van der Waals surface area contributed by atoms with Crippen LogP contribution in [0.1, 0.15) is 31.2 Å². The smallest absolute Gasteiger partial charge is 0.206 e. The van der Waals surface area contributed by atoms with Crippen molar-refractivity contribution in [3.8, 4) is 5.75 Å². The molecule has 16 heavy (non-hydrogen) atoms. The molecule has 0 radical (unpaired) electrons. The summed E-state index contributed by atoms with van der Waals surface area (Å²) in [4.78, 5) is 24.3. The van der Waals surface area contributed by atoms with Crippen molar-refractivity contribution >= 4 is 23.1 Å². The molecule has 0 saturated carbocycles. The van der Waals surface area contributed by atoms with E-state index in [9.17, 15) is 14.7 Å². The second kappa shape index (κ2) is 2.99. The summed E-state index contributed by atoms with van der Waals surface area (Å²) in [5.74, 6) is -0.743. The SMILES string of the molecule is O=C1c2cccc(O)c2C(=O)c2cnsc21. The maximum absolute atomic E-state index is 12.0. The molecule has 0 fully saturated rings. The molecule has 0 aliphatic heterocycles. The predicted molar refractivity (Wildman–Crippen MR) is 57.1 cm³/mol. The lowest BCUT2D eigenvalue weighted by Gasteiger charge is -2.13. The van der Waals surface area contributed by atoms with Crippen molar-refractivity contribution in [2.45, 2.75) is 0 Å². The molecule has 1 aliphatic carbocycles. The molecular weight excluding hydrogens is 226 g/mol. The maximum atomic E-state index is 12.0. The molecule has 5 heteroatoms. The zero-order valence-electron chi connectivity index (χ0n) is 7.93. The van der Waals surface area contributed by atoms with Gasteiger partial charge in [-0.3, -0.25) is 9.59 Å². The van der Waals surface area contributed by atoms with E-state index in [1.54, 1.807) is 6.07 Å². The molecule has 4 nitrogen and oxygen atoms in total. The normalized spacial score (nSPS) is 13.5. The molecule has 0 saturated heterocycles. The lowest BCUT2D eigenvalue weighted by molar-refractivity contribution is 0.0980. The average Bonchev–Trinajstić information content (AvgIpc) is 2.75. The van der Waals surface area contributed by atoms with E-state index < -0.39 is 0 Å². The number of hydrogen-bond acceptors (Lipinski definition) is 5. The van der Waals surface area contributed by atoms with Crippen molar-refractivity contribution in [1.82, 2.24) is 4.37 Å². The fraction of sp³-hybridized carbons (Fsp3) is 0. The van der Waals surface area contributed by atoms with Gasteiger partial charge in [-0.1, -0.05) is 6.07 Å². The van der Waals surface area contributed by atoms with Gasteiger partial charge in [0.1, 0.15) is 10.6 Å². The second-order valence-electron chi connectivity index (χ2n) is 3.43. The number of rotatable bonds is 0. The molecule has 1 heterocycles. The minimum absolute atomic E-state index is 0.0835. The molecular formula is C11H5NO3S. The minimum atomic E-state index is -0.337. The number of benzene rings is 1. The molecule has 0 unspecified atom stereocenters. The molecule has 0 amide bonds. The van der Waals surface area contributed by atoms with Gasteiger partial charge >= 0.3 is 0 Å². The fourth-order valence-corrected chi connectivity index (χ4v) is 2.49. The number of phenols is 1. The molecule has 0 spiro atoms. The van der Waals surface area contributed by atoms with Gasteiger partial charge in [0, 0.05) is 5.56 Å². The number of phenolic OH excluding ortho intramolecular Hbond substituents is 1. The largest absolute Gasteiger partial charge is 0.507 e. The van der Waals surface area contributed by atoms with E-state index in [-0.39, 0.29) is 34.0 Å². The number of carbonyl (C=O) groups is 2. The van der Waals surface area contributed by atoms with Crippen LogP contribution in [0, 0.1) is 0 Å². The van der Waals surface area contributed by atoms with Crippen molar-refractivity contribution in [3.63, 3.8) is 0 Å². The Morgan fingerprint density at radius 2 is 1.94 bits per heavy atom. The van der Waals surface area contributed by atoms with Gasteiger partial charge in [-0.2, -0.15) is 4.37 Å². The number of aromatic nitrogens is 1. The van der Waals surface area contributed by atoms with Crippen LogP contribution in [0.2, 0.25) is 0 Å². The molecule has 1 aliphatic rings. The zero-order valence-corrected chi connectivity index (χ0v) is 8.75. The van der Waals surface area contributed by atoms with Gasteiger partial charge in [0.05, 0.1) is 17.3 Å². The van der Waals surface area contributed by atoms with E-state index in [4.69, 9.17) is 0 Å². The number of ketones is 2. The maximum Gasteiger partial charge on any atom is 0.206 e. The second-order valence-corrected chi connectivity index (χ2v) is 4.23. The molecule has 2 aromatic rings. The topological polar surface area (TPSA) is 67.3 Å². The Kier molecular flexibility index (Phi) is 1.73. The third kappa shape index (κ3) is 1.00. The van der Waals surface area contributed by atoms with Gasteiger partial charge in [-0.15, -0.1) is 0 Å². The Hall–Kier alpha value is -2.01. The number of aromatic hydroxyl groups is 1. The highest BCUT2D eigenvalue weighted by molar-refractivity contribution is 7.08. The van der Waals surface area contributed by atoms with Crippen LogP contribution in [0.15, 0.2) is 24.4 Å². The van der Waals surface area contributed by atoms with E-state index in [1.165, 1.54) is 18.3 Å². The summed E-state index contributed by atoms with van der Waals surface area (Å²) in [5, 5.41) is 9.62. The van der Waals surface area contributed by atoms with Crippen molar-refractivity contribution in [2.24, 2.45) is 0 Å². The van der Waals surface area contributed by atoms with Crippen LogP contribution in [-0.4, -0.2) is 21.0 Å². The Balaban J connectivity index is 2.38. The van der Waals surface area contributed by atoms with E-state index in [0.29, 0.717) is 4.88 Å².